The van der Waals surface area contributed by atoms with Crippen LogP contribution in [-0.4, -0.2) is 24.0 Å². The van der Waals surface area contributed by atoms with Crippen molar-refractivity contribution in [2.45, 2.75) is 6.42 Å². The molecule has 2 rings (SSSR count). The topological polar surface area (TPSA) is 70.9 Å². The molecule has 4 nitrogen and oxygen atoms in total. The Hall–Kier alpha value is -1.88. The molecule has 0 saturated carbocycles. The van der Waals surface area contributed by atoms with Gasteiger partial charge in [0, 0.05) is 17.4 Å². The third kappa shape index (κ3) is 2.62. The van der Waals surface area contributed by atoms with Gasteiger partial charge in [0.2, 0.25) is 0 Å². The second kappa shape index (κ2) is 4.97. The van der Waals surface area contributed by atoms with Crippen LogP contribution in [0.2, 0.25) is 0 Å². The van der Waals surface area contributed by atoms with Crippen molar-refractivity contribution in [3.63, 3.8) is 0 Å². The Morgan fingerprint density at radius 3 is 3.00 bits per heavy atom. The number of rotatable bonds is 4. The summed E-state index contributed by atoms with van der Waals surface area (Å²) in [6, 6.07) is 5.99. The van der Waals surface area contributed by atoms with Crippen LogP contribution in [0.25, 0.3) is 10.9 Å². The van der Waals surface area contributed by atoms with Crippen LogP contribution in [0.4, 0.5) is 4.39 Å². The first-order valence-electron chi connectivity index (χ1n) is 5.47. The summed E-state index contributed by atoms with van der Waals surface area (Å²) >= 11 is 0. The fourth-order valence-corrected chi connectivity index (χ4v) is 1.63. The van der Waals surface area contributed by atoms with Crippen LogP contribution in [0, 0.1) is 5.82 Å². The first-order chi connectivity index (χ1) is 8.20. The number of hydrogen-bond donors (Lipinski definition) is 3. The summed E-state index contributed by atoms with van der Waals surface area (Å²) < 4.78 is 13.0. The summed E-state index contributed by atoms with van der Waals surface area (Å²) in [5.74, 6) is -0.512. The van der Waals surface area contributed by atoms with E-state index < -0.39 is 0 Å². The number of H-pyrrole nitrogens is 1. The fourth-order valence-electron chi connectivity index (χ4n) is 1.63. The van der Waals surface area contributed by atoms with Gasteiger partial charge in [-0.25, -0.2) is 4.39 Å². The molecule has 1 aromatic carbocycles. The van der Waals surface area contributed by atoms with Crippen molar-refractivity contribution in [2.75, 3.05) is 13.1 Å². The minimum absolute atomic E-state index is 0.199. The summed E-state index contributed by atoms with van der Waals surface area (Å²) in [5.41, 5.74) is 6.51. The monoisotopic (exact) mass is 235 g/mol. The van der Waals surface area contributed by atoms with Crippen molar-refractivity contribution in [2.24, 2.45) is 5.73 Å². The van der Waals surface area contributed by atoms with Crippen LogP contribution >= 0.6 is 0 Å². The average molecular weight is 235 g/mol. The normalized spacial score (nSPS) is 10.7. The fraction of sp³-hybridized carbons (Fsp3) is 0.250. The second-order valence-electron chi connectivity index (χ2n) is 3.81. The third-order valence-corrected chi connectivity index (χ3v) is 2.49. The van der Waals surface area contributed by atoms with Gasteiger partial charge in [0.05, 0.1) is 0 Å². The zero-order valence-corrected chi connectivity index (χ0v) is 9.29. The molecule has 1 heterocycles. The summed E-state index contributed by atoms with van der Waals surface area (Å²) in [7, 11) is 0. The predicted molar refractivity (Wildman–Crippen MR) is 64.3 cm³/mol. The van der Waals surface area contributed by atoms with Crippen LogP contribution in [-0.2, 0) is 0 Å². The maximum absolute atomic E-state index is 13.0. The van der Waals surface area contributed by atoms with E-state index in [-0.39, 0.29) is 11.7 Å². The molecule has 0 aliphatic rings. The Labute approximate surface area is 98.0 Å². The highest BCUT2D eigenvalue weighted by Crippen LogP contribution is 2.16. The second-order valence-corrected chi connectivity index (χ2v) is 3.81. The van der Waals surface area contributed by atoms with Crippen LogP contribution in [0.3, 0.4) is 0 Å². The van der Waals surface area contributed by atoms with Gasteiger partial charge in [-0.2, -0.15) is 0 Å². The van der Waals surface area contributed by atoms with Gasteiger partial charge in [0.25, 0.3) is 5.91 Å². The van der Waals surface area contributed by atoms with E-state index in [1.54, 1.807) is 12.1 Å². The number of amides is 1. The van der Waals surface area contributed by atoms with Crippen molar-refractivity contribution in [3.8, 4) is 0 Å². The van der Waals surface area contributed by atoms with E-state index in [4.69, 9.17) is 5.73 Å². The number of fused-ring (bicyclic) bond motifs is 1. The Kier molecular flexibility index (Phi) is 3.39. The first-order valence-corrected chi connectivity index (χ1v) is 5.47. The summed E-state index contributed by atoms with van der Waals surface area (Å²) in [5, 5.41) is 3.42. The lowest BCUT2D eigenvalue weighted by Crippen LogP contribution is -2.26. The highest BCUT2D eigenvalue weighted by molar-refractivity contribution is 5.97. The van der Waals surface area contributed by atoms with E-state index in [9.17, 15) is 9.18 Å². The maximum atomic E-state index is 13.0. The molecular weight excluding hydrogens is 221 g/mol. The molecule has 0 fully saturated rings. The third-order valence-electron chi connectivity index (χ3n) is 2.49. The van der Waals surface area contributed by atoms with Crippen LogP contribution in [0.15, 0.2) is 24.3 Å². The standard InChI is InChI=1S/C12H14FN3O/c13-9-2-3-10-8(6-9)7-11(16-10)12(17)15-5-1-4-14/h2-3,6-7,16H,1,4-5,14H2,(H,15,17). The minimum Gasteiger partial charge on any atom is -0.351 e. The molecule has 0 radical (unpaired) electrons. The highest BCUT2D eigenvalue weighted by atomic mass is 19.1. The molecule has 0 unspecified atom stereocenters. The number of carbonyl (C=O) groups is 1. The van der Waals surface area contributed by atoms with Crippen LogP contribution in [0.5, 0.6) is 0 Å². The van der Waals surface area contributed by atoms with E-state index in [1.165, 1.54) is 12.1 Å². The maximum Gasteiger partial charge on any atom is 0.267 e. The summed E-state index contributed by atoms with van der Waals surface area (Å²) in [6.45, 7) is 1.08. The highest BCUT2D eigenvalue weighted by Gasteiger charge is 2.08. The Balaban J connectivity index is 2.15. The van der Waals surface area contributed by atoms with Gasteiger partial charge >= 0.3 is 0 Å². The molecule has 5 heteroatoms. The van der Waals surface area contributed by atoms with E-state index in [0.717, 1.165) is 11.9 Å². The average Bonchev–Trinajstić information content (AvgIpc) is 2.72. The Morgan fingerprint density at radius 1 is 1.41 bits per heavy atom. The number of halogens is 1. The zero-order valence-electron chi connectivity index (χ0n) is 9.29. The molecule has 1 aromatic heterocycles. The number of nitrogens with one attached hydrogen (secondary N) is 2. The molecule has 0 atom stereocenters. The van der Waals surface area contributed by atoms with Crippen molar-refractivity contribution >= 4 is 16.8 Å². The lowest BCUT2D eigenvalue weighted by atomic mass is 10.2. The molecule has 17 heavy (non-hydrogen) atoms. The number of nitrogens with two attached hydrogens (primary N) is 1. The quantitative estimate of drug-likeness (QED) is 0.701. The smallest absolute Gasteiger partial charge is 0.267 e. The van der Waals surface area contributed by atoms with Gasteiger partial charge in [0.1, 0.15) is 11.5 Å². The number of aromatic amines is 1. The van der Waals surface area contributed by atoms with Gasteiger partial charge in [0.15, 0.2) is 0 Å². The van der Waals surface area contributed by atoms with E-state index in [2.05, 4.69) is 10.3 Å². The lowest BCUT2D eigenvalue weighted by molar-refractivity contribution is 0.0949. The van der Waals surface area contributed by atoms with Gasteiger partial charge in [-0.3, -0.25) is 4.79 Å². The van der Waals surface area contributed by atoms with Crippen molar-refractivity contribution in [3.05, 3.63) is 35.8 Å². The van der Waals surface area contributed by atoms with Gasteiger partial charge in [-0.05, 0) is 37.2 Å². The number of benzene rings is 1. The van der Waals surface area contributed by atoms with E-state index in [0.29, 0.717) is 24.2 Å². The number of carbonyl (C=O) groups excluding carboxylic acids is 1. The Morgan fingerprint density at radius 2 is 2.24 bits per heavy atom. The summed E-state index contributed by atoms with van der Waals surface area (Å²) in [6.07, 6.45) is 0.737. The molecule has 0 aliphatic carbocycles. The zero-order chi connectivity index (χ0) is 12.3. The SMILES string of the molecule is NCCCNC(=O)c1cc2cc(F)ccc2[nH]1. The van der Waals surface area contributed by atoms with Crippen molar-refractivity contribution in [1.82, 2.24) is 10.3 Å². The molecule has 90 valence electrons. The molecule has 2 aromatic rings. The first kappa shape index (κ1) is 11.6. The van der Waals surface area contributed by atoms with Gasteiger partial charge < -0.3 is 16.0 Å². The summed E-state index contributed by atoms with van der Waals surface area (Å²) in [4.78, 5) is 14.6. The molecule has 1 amide bonds. The van der Waals surface area contributed by atoms with E-state index >= 15 is 0 Å². The molecule has 0 bridgehead atoms. The lowest BCUT2D eigenvalue weighted by Gasteiger charge is -2.01. The molecular formula is C12H14FN3O. The molecule has 0 spiro atoms. The predicted octanol–water partition coefficient (Wildman–Crippen LogP) is 1.39. The van der Waals surface area contributed by atoms with Crippen molar-refractivity contribution < 1.29 is 9.18 Å². The van der Waals surface area contributed by atoms with Gasteiger partial charge in [-0.15, -0.1) is 0 Å². The van der Waals surface area contributed by atoms with Crippen LogP contribution < -0.4 is 11.1 Å². The minimum atomic E-state index is -0.313. The molecule has 0 saturated heterocycles. The van der Waals surface area contributed by atoms with E-state index in [1.807, 2.05) is 0 Å². The number of hydrogen-bond acceptors (Lipinski definition) is 2. The Bertz CT molecular complexity index is 536. The molecule has 4 N–H and O–H groups in total. The molecule has 0 aliphatic heterocycles. The largest absolute Gasteiger partial charge is 0.351 e. The van der Waals surface area contributed by atoms with Gasteiger partial charge in [-0.1, -0.05) is 0 Å². The van der Waals surface area contributed by atoms with Crippen LogP contribution in [0.1, 0.15) is 16.9 Å². The number of aromatic nitrogens is 1. The van der Waals surface area contributed by atoms with Crippen molar-refractivity contribution in [1.29, 1.82) is 0 Å².